The van der Waals surface area contributed by atoms with Crippen molar-refractivity contribution in [2.45, 2.75) is 13.0 Å². The second kappa shape index (κ2) is 11.3. The van der Waals surface area contributed by atoms with Crippen molar-refractivity contribution >= 4 is 34.9 Å². The maximum Gasteiger partial charge on any atom is 0.319 e. The zero-order valence-electron chi connectivity index (χ0n) is 18.9. The molecule has 8 nitrogen and oxygen atoms in total. The van der Waals surface area contributed by atoms with Gasteiger partial charge in [-0.15, -0.1) is 0 Å². The summed E-state index contributed by atoms with van der Waals surface area (Å²) in [6.45, 7) is 0.0232. The zero-order valence-corrected chi connectivity index (χ0v) is 19.6. The first-order valence-electron chi connectivity index (χ1n) is 10.9. The van der Waals surface area contributed by atoms with E-state index in [1.54, 1.807) is 54.7 Å². The number of carbonyl (C=O) groups is 2. The largest absolute Gasteiger partial charge is 0.332 e. The average Bonchev–Trinajstić information content (AvgIpc) is 2.86. The molecule has 0 fully saturated rings. The molecule has 36 heavy (non-hydrogen) atoms. The molecule has 0 spiro atoms. The highest BCUT2D eigenvalue weighted by atomic mass is 35.5. The Morgan fingerprint density at radius 1 is 0.972 bits per heavy atom. The van der Waals surface area contributed by atoms with Crippen molar-refractivity contribution in [2.75, 3.05) is 10.6 Å². The van der Waals surface area contributed by atoms with Crippen LogP contribution in [0.3, 0.4) is 0 Å². The van der Waals surface area contributed by atoms with Gasteiger partial charge in [0, 0.05) is 35.2 Å². The number of pyridine rings is 2. The third-order valence-electron chi connectivity index (χ3n) is 5.18. The van der Waals surface area contributed by atoms with Gasteiger partial charge in [-0.2, -0.15) is 0 Å². The number of hydrogen-bond donors (Lipinski definition) is 3. The van der Waals surface area contributed by atoms with Crippen molar-refractivity contribution in [1.82, 2.24) is 14.9 Å². The van der Waals surface area contributed by atoms with Crippen molar-refractivity contribution in [3.63, 3.8) is 0 Å². The molecule has 0 atom stereocenters. The topological polar surface area (TPSA) is 105 Å². The molecule has 0 bridgehead atoms. The predicted molar refractivity (Wildman–Crippen MR) is 136 cm³/mol. The van der Waals surface area contributed by atoms with Crippen LogP contribution >= 0.6 is 11.6 Å². The number of halogens is 2. The number of hydrogen-bond acceptors (Lipinski definition) is 4. The van der Waals surface area contributed by atoms with E-state index in [1.165, 1.54) is 29.0 Å². The minimum absolute atomic E-state index is 0.0232. The number of rotatable bonds is 7. The summed E-state index contributed by atoms with van der Waals surface area (Å²) in [6, 6.07) is 18.2. The van der Waals surface area contributed by atoms with E-state index >= 15 is 0 Å². The van der Waals surface area contributed by atoms with Crippen LogP contribution in [0.25, 0.3) is 5.69 Å². The number of nitrogens with zero attached hydrogens (tertiary/aromatic N) is 2. The van der Waals surface area contributed by atoms with E-state index in [4.69, 9.17) is 11.6 Å². The summed E-state index contributed by atoms with van der Waals surface area (Å²) in [5.41, 5.74) is 1.72. The van der Waals surface area contributed by atoms with Gasteiger partial charge in [0.15, 0.2) is 0 Å². The van der Waals surface area contributed by atoms with Gasteiger partial charge < -0.3 is 16.0 Å². The number of nitrogens with one attached hydrogen (secondary N) is 3. The molecule has 0 aliphatic rings. The molecule has 2 aromatic heterocycles. The summed E-state index contributed by atoms with van der Waals surface area (Å²) in [4.78, 5) is 41.0. The highest BCUT2D eigenvalue weighted by molar-refractivity contribution is 6.30. The molecule has 0 radical (unpaired) electrons. The van der Waals surface area contributed by atoms with Crippen LogP contribution in [0, 0.1) is 5.82 Å². The molecular formula is C26H21ClFN5O3. The van der Waals surface area contributed by atoms with Gasteiger partial charge in [0.1, 0.15) is 5.82 Å². The molecular weight excluding hydrogens is 485 g/mol. The number of anilines is 2. The maximum atomic E-state index is 14.6. The lowest BCUT2D eigenvalue weighted by molar-refractivity contribution is -0.115. The van der Waals surface area contributed by atoms with Gasteiger partial charge in [0.05, 0.1) is 30.0 Å². The number of urea groups is 1. The Kier molecular flexibility index (Phi) is 7.72. The first kappa shape index (κ1) is 24.6. The molecule has 0 saturated heterocycles. The molecule has 4 aromatic rings. The molecule has 4 rings (SSSR count). The zero-order chi connectivity index (χ0) is 25.5. The second-order valence-corrected chi connectivity index (χ2v) is 8.16. The van der Waals surface area contributed by atoms with Crippen molar-refractivity contribution in [3.8, 4) is 5.69 Å². The Labute approximate surface area is 210 Å². The smallest absolute Gasteiger partial charge is 0.319 e. The molecule has 2 heterocycles. The summed E-state index contributed by atoms with van der Waals surface area (Å²) < 4.78 is 15.9. The van der Waals surface area contributed by atoms with Crippen LogP contribution in [0.4, 0.5) is 20.6 Å². The number of carbonyl (C=O) groups excluding carboxylic acids is 2. The number of amides is 3. The summed E-state index contributed by atoms with van der Waals surface area (Å²) in [7, 11) is 0. The summed E-state index contributed by atoms with van der Waals surface area (Å²) in [5, 5.41) is 8.40. The lowest BCUT2D eigenvalue weighted by atomic mass is 10.1. The van der Waals surface area contributed by atoms with Crippen molar-refractivity contribution in [3.05, 3.63) is 118 Å². The molecule has 0 aliphatic carbocycles. The van der Waals surface area contributed by atoms with Gasteiger partial charge in [-0.1, -0.05) is 23.7 Å². The van der Waals surface area contributed by atoms with Gasteiger partial charge in [-0.3, -0.25) is 19.1 Å². The minimum atomic E-state index is -0.698. The van der Waals surface area contributed by atoms with E-state index in [-0.39, 0.29) is 30.1 Å². The Morgan fingerprint density at radius 3 is 2.53 bits per heavy atom. The third-order valence-corrected chi connectivity index (χ3v) is 5.43. The van der Waals surface area contributed by atoms with Gasteiger partial charge in [0.25, 0.3) is 5.56 Å². The molecule has 3 N–H and O–H groups in total. The molecule has 3 amide bonds. The van der Waals surface area contributed by atoms with Gasteiger partial charge in [-0.05, 0) is 54.1 Å². The Hall–Kier alpha value is -4.50. The van der Waals surface area contributed by atoms with Crippen molar-refractivity contribution in [1.29, 1.82) is 0 Å². The summed E-state index contributed by atoms with van der Waals surface area (Å²) >= 11 is 5.86. The van der Waals surface area contributed by atoms with Gasteiger partial charge in [0.2, 0.25) is 5.91 Å². The number of benzene rings is 2. The highest BCUT2D eigenvalue weighted by Crippen LogP contribution is 2.18. The molecule has 182 valence electrons. The molecule has 10 heteroatoms. The SMILES string of the molecule is O=C(Cc1cccnc1CNC(=O)Nc1ccc(-n2ccccc2=O)cc1F)Nc1ccc(Cl)cc1. The number of aromatic nitrogens is 2. The predicted octanol–water partition coefficient (Wildman–Crippen LogP) is 4.53. The fourth-order valence-corrected chi connectivity index (χ4v) is 3.56. The van der Waals surface area contributed by atoms with Crippen molar-refractivity contribution in [2.24, 2.45) is 0 Å². The lowest BCUT2D eigenvalue weighted by Crippen LogP contribution is -2.29. The van der Waals surface area contributed by atoms with Gasteiger partial charge >= 0.3 is 6.03 Å². The standard InChI is InChI=1S/C26H21ClFN5O3/c27-18-6-8-19(9-7-18)31-24(34)14-17-4-3-12-29-23(17)16-30-26(36)32-22-11-10-20(15-21(22)28)33-13-2-1-5-25(33)35/h1-13,15H,14,16H2,(H,31,34)(H2,30,32,36). The van der Waals surface area contributed by atoms with Crippen LogP contribution in [-0.4, -0.2) is 21.5 Å². The van der Waals surface area contributed by atoms with Crippen LogP contribution < -0.4 is 21.5 Å². The lowest BCUT2D eigenvalue weighted by Gasteiger charge is -2.12. The first-order chi connectivity index (χ1) is 17.4. The monoisotopic (exact) mass is 505 g/mol. The summed E-state index contributed by atoms with van der Waals surface area (Å²) in [5.74, 6) is -0.952. The van der Waals surface area contributed by atoms with Crippen LogP contribution in [0.1, 0.15) is 11.3 Å². The summed E-state index contributed by atoms with van der Waals surface area (Å²) in [6.07, 6.45) is 3.13. The quantitative estimate of drug-likeness (QED) is 0.343. The fraction of sp³-hybridized carbons (Fsp3) is 0.0769. The normalized spacial score (nSPS) is 10.5. The average molecular weight is 506 g/mol. The Morgan fingerprint density at radius 2 is 1.78 bits per heavy atom. The minimum Gasteiger partial charge on any atom is -0.332 e. The Balaban J connectivity index is 1.36. The molecule has 0 aliphatic heterocycles. The van der Waals surface area contributed by atoms with E-state index in [2.05, 4.69) is 20.9 Å². The van der Waals surface area contributed by atoms with E-state index in [0.29, 0.717) is 27.7 Å². The van der Waals surface area contributed by atoms with E-state index in [1.807, 2.05) is 0 Å². The van der Waals surface area contributed by atoms with Crippen LogP contribution in [0.5, 0.6) is 0 Å². The van der Waals surface area contributed by atoms with Crippen LogP contribution in [-0.2, 0) is 17.8 Å². The maximum absolute atomic E-state index is 14.6. The highest BCUT2D eigenvalue weighted by Gasteiger charge is 2.12. The molecule has 2 aromatic carbocycles. The fourth-order valence-electron chi connectivity index (χ4n) is 3.43. The van der Waals surface area contributed by atoms with Crippen LogP contribution in [0.15, 0.2) is 90.0 Å². The van der Waals surface area contributed by atoms with E-state index in [0.717, 1.165) is 6.07 Å². The van der Waals surface area contributed by atoms with E-state index < -0.39 is 11.8 Å². The van der Waals surface area contributed by atoms with Crippen LogP contribution in [0.2, 0.25) is 5.02 Å². The van der Waals surface area contributed by atoms with Crippen molar-refractivity contribution < 1.29 is 14.0 Å². The molecule has 0 saturated carbocycles. The van der Waals surface area contributed by atoms with E-state index in [9.17, 15) is 18.8 Å². The second-order valence-electron chi connectivity index (χ2n) is 7.72. The van der Waals surface area contributed by atoms with Gasteiger partial charge in [-0.25, -0.2) is 9.18 Å². The molecule has 0 unspecified atom stereocenters. The first-order valence-corrected chi connectivity index (χ1v) is 11.3. The Bertz CT molecular complexity index is 1460. The third kappa shape index (κ3) is 6.34.